The van der Waals surface area contributed by atoms with Gasteiger partial charge < -0.3 is 0 Å². The van der Waals surface area contributed by atoms with Gasteiger partial charge >= 0.3 is 0 Å². The van der Waals surface area contributed by atoms with E-state index in [0.717, 1.165) is 0 Å². The monoisotopic (exact) mass is 303 g/mol. The van der Waals surface area contributed by atoms with Gasteiger partial charge in [0.25, 0.3) is 0 Å². The molecule has 0 saturated carbocycles. The quantitative estimate of drug-likeness (QED) is 0.353. The molecule has 1 rings (SSSR count). The maximum absolute atomic E-state index is 2.28. The van der Waals surface area contributed by atoms with Gasteiger partial charge in [-0.05, 0) is 18.4 Å². The molecule has 0 aromatic heterocycles. The van der Waals surface area contributed by atoms with E-state index in [1.807, 2.05) is 0 Å². The van der Waals surface area contributed by atoms with Gasteiger partial charge in [-0.1, -0.05) is 95.0 Å². The Morgan fingerprint density at radius 1 is 0.650 bits per heavy atom. The Balaban J connectivity index is 0. The van der Waals surface area contributed by atoms with E-state index >= 15 is 0 Å². The van der Waals surface area contributed by atoms with E-state index < -0.39 is 0 Å². The van der Waals surface area contributed by atoms with Crippen molar-refractivity contribution in [2.75, 3.05) is 0 Å². The van der Waals surface area contributed by atoms with Gasteiger partial charge in [0.05, 0.1) is 0 Å². The van der Waals surface area contributed by atoms with Gasteiger partial charge in [-0.25, -0.2) is 0 Å². The van der Waals surface area contributed by atoms with Gasteiger partial charge in [-0.3, -0.25) is 0 Å². The Kier molecular flexibility index (Phi) is 20.1. The van der Waals surface area contributed by atoms with Crippen molar-refractivity contribution >= 4 is 43.1 Å². The molecule has 0 aliphatic carbocycles. The Morgan fingerprint density at radius 2 is 1.10 bits per heavy atom. The molecule has 0 heterocycles. The van der Waals surface area contributed by atoms with Crippen molar-refractivity contribution < 1.29 is 0 Å². The van der Waals surface area contributed by atoms with Gasteiger partial charge in [-0.2, -0.15) is 13.5 Å². The van der Waals surface area contributed by atoms with E-state index in [4.69, 9.17) is 0 Å². The Hall–Kier alpha value is 0.570. The van der Waals surface area contributed by atoms with Crippen LogP contribution in [0.1, 0.15) is 76.7 Å². The van der Waals surface area contributed by atoms with Crippen molar-refractivity contribution in [3.05, 3.63) is 35.9 Å². The predicted octanol–water partition coefficient (Wildman–Crippen LogP) is 5.88. The predicted molar refractivity (Wildman–Crippen MR) is 98.1 cm³/mol. The number of aryl methyl sites for hydroxylation is 1. The summed E-state index contributed by atoms with van der Waals surface area (Å²) in [4.78, 5) is 0. The van der Waals surface area contributed by atoms with Crippen LogP contribution in [-0.4, -0.2) is 29.6 Å². The van der Waals surface area contributed by atoms with Crippen LogP contribution in [0.5, 0.6) is 0 Å². The molecule has 0 N–H and O–H groups in total. The molecule has 0 spiro atoms. The summed E-state index contributed by atoms with van der Waals surface area (Å²) in [7, 11) is 0. The molecule has 1 radical (unpaired) electrons. The van der Waals surface area contributed by atoms with Crippen molar-refractivity contribution in [2.24, 2.45) is 0 Å². The molecule has 2 heteroatoms. The number of benzene rings is 1. The zero-order valence-corrected chi connectivity index (χ0v) is 16.7. The first-order valence-electron chi connectivity index (χ1n) is 7.97. The van der Waals surface area contributed by atoms with Gasteiger partial charge in [0.15, 0.2) is 0 Å². The largest absolute Gasteiger partial charge is 0.197 e. The third-order valence-electron chi connectivity index (χ3n) is 3.66. The minimum Gasteiger partial charge on any atom is -0.197 e. The van der Waals surface area contributed by atoms with Gasteiger partial charge in [-0.15, -0.1) is 0 Å². The summed E-state index contributed by atoms with van der Waals surface area (Å²) in [5, 5.41) is 0. The summed E-state index contributed by atoms with van der Waals surface area (Å²) < 4.78 is 0. The third-order valence-corrected chi connectivity index (χ3v) is 3.66. The van der Waals surface area contributed by atoms with E-state index in [1.54, 1.807) is 0 Å². The second-order valence-electron chi connectivity index (χ2n) is 5.42. The first kappa shape index (κ1) is 22.8. The summed E-state index contributed by atoms with van der Waals surface area (Å²) in [5.41, 5.74) is 1.50. The van der Waals surface area contributed by atoms with Crippen LogP contribution in [0.2, 0.25) is 0 Å². The smallest absolute Gasteiger partial charge is 0 e. The zero-order chi connectivity index (χ0) is 12.9. The Morgan fingerprint density at radius 3 is 1.60 bits per heavy atom. The Labute approximate surface area is 155 Å². The molecule has 0 amide bonds. The zero-order valence-electron chi connectivity index (χ0n) is 13.7. The standard InChI is InChI=1S/C18H30.Na.H2S/c1-2-3-4-5-6-7-8-9-10-12-15-18-16-13-11-14-17-18;;/h11,13-14,16-17H,2-10,12,15H2,1H3;;1H2. The average molecular weight is 304 g/mol. The van der Waals surface area contributed by atoms with Crippen LogP contribution >= 0.6 is 13.5 Å². The molecular weight excluding hydrogens is 271 g/mol. The number of unbranched alkanes of at least 4 members (excludes halogenated alkanes) is 9. The fraction of sp³-hybridized carbons (Fsp3) is 0.667. The van der Waals surface area contributed by atoms with E-state index in [1.165, 1.54) is 76.2 Å². The molecule has 0 unspecified atom stereocenters. The summed E-state index contributed by atoms with van der Waals surface area (Å²) in [6.07, 6.45) is 15.5. The summed E-state index contributed by atoms with van der Waals surface area (Å²) in [6.45, 7) is 2.28. The topological polar surface area (TPSA) is 0 Å². The fourth-order valence-electron chi connectivity index (χ4n) is 2.46. The first-order valence-corrected chi connectivity index (χ1v) is 7.97. The minimum atomic E-state index is 0. The van der Waals surface area contributed by atoms with Crippen LogP contribution in [0.3, 0.4) is 0 Å². The van der Waals surface area contributed by atoms with Gasteiger partial charge in [0.2, 0.25) is 0 Å². The molecule has 0 bridgehead atoms. The molecule has 0 nitrogen and oxygen atoms in total. The Bertz CT molecular complexity index is 274. The molecule has 1 aromatic carbocycles. The summed E-state index contributed by atoms with van der Waals surface area (Å²) in [6, 6.07) is 10.9. The SMILES string of the molecule is CCCCCCCCCCCCc1ccccc1.S.[Na]. The second-order valence-corrected chi connectivity index (χ2v) is 5.42. The maximum Gasteiger partial charge on any atom is 0 e. The maximum atomic E-state index is 2.28. The second kappa shape index (κ2) is 17.6. The van der Waals surface area contributed by atoms with Crippen molar-refractivity contribution in [1.82, 2.24) is 0 Å². The molecule has 0 aliphatic rings. The van der Waals surface area contributed by atoms with Crippen LogP contribution in [0.15, 0.2) is 30.3 Å². The average Bonchev–Trinajstić information content (AvgIpc) is 2.42. The molecule has 0 atom stereocenters. The number of hydrogen-bond acceptors (Lipinski definition) is 0. The molecule has 111 valence electrons. The van der Waals surface area contributed by atoms with Crippen LogP contribution in [-0.2, 0) is 6.42 Å². The van der Waals surface area contributed by atoms with Gasteiger partial charge in [0.1, 0.15) is 0 Å². The van der Waals surface area contributed by atoms with Crippen molar-refractivity contribution in [2.45, 2.75) is 77.6 Å². The number of rotatable bonds is 11. The molecule has 0 aliphatic heterocycles. The summed E-state index contributed by atoms with van der Waals surface area (Å²) >= 11 is 0. The molecule has 0 saturated heterocycles. The van der Waals surface area contributed by atoms with E-state index in [9.17, 15) is 0 Å². The van der Waals surface area contributed by atoms with Gasteiger partial charge in [0, 0.05) is 29.6 Å². The molecular formula is C18H32NaS. The van der Waals surface area contributed by atoms with E-state index in [-0.39, 0.29) is 43.1 Å². The summed E-state index contributed by atoms with van der Waals surface area (Å²) in [5.74, 6) is 0. The van der Waals surface area contributed by atoms with Crippen molar-refractivity contribution in [1.29, 1.82) is 0 Å². The molecule has 0 fully saturated rings. The number of hydrogen-bond donors (Lipinski definition) is 0. The normalized spacial score (nSPS) is 9.65. The van der Waals surface area contributed by atoms with Crippen LogP contribution < -0.4 is 0 Å². The fourth-order valence-corrected chi connectivity index (χ4v) is 2.46. The first-order chi connectivity index (χ1) is 8.93. The molecule has 20 heavy (non-hydrogen) atoms. The van der Waals surface area contributed by atoms with Crippen molar-refractivity contribution in [3.8, 4) is 0 Å². The van der Waals surface area contributed by atoms with Crippen LogP contribution in [0.25, 0.3) is 0 Å². The van der Waals surface area contributed by atoms with Crippen LogP contribution in [0, 0.1) is 0 Å². The molecule has 1 aromatic rings. The third kappa shape index (κ3) is 13.5. The van der Waals surface area contributed by atoms with E-state index in [2.05, 4.69) is 37.3 Å². The van der Waals surface area contributed by atoms with Crippen molar-refractivity contribution in [3.63, 3.8) is 0 Å². The van der Waals surface area contributed by atoms with E-state index in [0.29, 0.717) is 0 Å². The van der Waals surface area contributed by atoms with Crippen LogP contribution in [0.4, 0.5) is 0 Å². The minimum absolute atomic E-state index is 0.